The van der Waals surface area contributed by atoms with Crippen LogP contribution < -0.4 is 5.32 Å². The van der Waals surface area contributed by atoms with E-state index < -0.39 is 5.60 Å². The highest BCUT2D eigenvalue weighted by atomic mass is 32.1. The summed E-state index contributed by atoms with van der Waals surface area (Å²) in [5, 5.41) is 14.5. The van der Waals surface area contributed by atoms with Gasteiger partial charge in [-0.15, -0.1) is 11.3 Å². The van der Waals surface area contributed by atoms with Crippen molar-refractivity contribution in [3.05, 3.63) is 29.3 Å². The van der Waals surface area contributed by atoms with Crippen molar-refractivity contribution in [1.82, 2.24) is 10.3 Å². The molecule has 1 aromatic heterocycles. The highest BCUT2D eigenvalue weighted by Crippen LogP contribution is 2.24. The van der Waals surface area contributed by atoms with Crippen molar-refractivity contribution in [3.63, 3.8) is 0 Å². The van der Waals surface area contributed by atoms with Crippen molar-refractivity contribution in [2.45, 2.75) is 18.9 Å². The number of aliphatic hydroxyl groups is 1. The predicted molar refractivity (Wildman–Crippen MR) is 78.7 cm³/mol. The summed E-state index contributed by atoms with van der Waals surface area (Å²) in [6.07, 6.45) is 0.562. The van der Waals surface area contributed by atoms with Gasteiger partial charge in [-0.25, -0.2) is 4.98 Å². The molecule has 0 radical (unpaired) electrons. The van der Waals surface area contributed by atoms with Crippen LogP contribution in [0.25, 0.3) is 10.2 Å². The number of hydrogen-bond acceptors (Lipinski definition) is 5. The van der Waals surface area contributed by atoms with Gasteiger partial charge >= 0.3 is 0 Å². The Kier molecular flexibility index (Phi) is 4.87. The first kappa shape index (κ1) is 14.4. The Morgan fingerprint density at radius 3 is 2.95 bits per heavy atom. The first-order chi connectivity index (χ1) is 9.11. The minimum absolute atomic E-state index is 0.534. The van der Waals surface area contributed by atoms with Crippen LogP contribution >= 0.6 is 11.3 Å². The summed E-state index contributed by atoms with van der Waals surface area (Å²) in [7, 11) is 1.67. The fourth-order valence-electron chi connectivity index (χ4n) is 1.92. The van der Waals surface area contributed by atoms with Crippen LogP contribution in [-0.2, 0) is 11.2 Å². The third kappa shape index (κ3) is 4.24. The zero-order valence-corrected chi connectivity index (χ0v) is 12.2. The lowest BCUT2D eigenvalue weighted by Crippen LogP contribution is -2.40. The van der Waals surface area contributed by atoms with Gasteiger partial charge in [0, 0.05) is 26.6 Å². The van der Waals surface area contributed by atoms with Crippen LogP contribution in [0.2, 0.25) is 0 Å². The van der Waals surface area contributed by atoms with Crippen molar-refractivity contribution in [2.75, 3.05) is 26.8 Å². The van der Waals surface area contributed by atoms with Crippen molar-refractivity contribution < 1.29 is 9.84 Å². The van der Waals surface area contributed by atoms with Gasteiger partial charge in [-0.05, 0) is 19.1 Å². The molecule has 2 aromatic rings. The first-order valence-electron chi connectivity index (χ1n) is 6.37. The molecule has 1 aromatic carbocycles. The molecule has 0 spiro atoms. The Labute approximate surface area is 117 Å². The Morgan fingerprint density at radius 2 is 2.21 bits per heavy atom. The van der Waals surface area contributed by atoms with E-state index in [1.807, 2.05) is 25.1 Å². The molecule has 0 bridgehead atoms. The van der Waals surface area contributed by atoms with E-state index in [0.29, 0.717) is 19.6 Å². The quantitative estimate of drug-likeness (QED) is 0.760. The third-order valence-electron chi connectivity index (χ3n) is 2.86. The van der Waals surface area contributed by atoms with Gasteiger partial charge in [-0.3, -0.25) is 0 Å². The number of ether oxygens (including phenoxy) is 1. The number of hydrogen-bond donors (Lipinski definition) is 2. The first-order valence-corrected chi connectivity index (χ1v) is 7.19. The number of para-hydroxylation sites is 1. The van der Waals surface area contributed by atoms with E-state index in [4.69, 9.17) is 4.74 Å². The van der Waals surface area contributed by atoms with Crippen LogP contribution in [-0.4, -0.2) is 42.5 Å². The molecule has 0 aliphatic heterocycles. The van der Waals surface area contributed by atoms with E-state index in [9.17, 15) is 5.11 Å². The van der Waals surface area contributed by atoms with Crippen molar-refractivity contribution in [1.29, 1.82) is 0 Å². The summed E-state index contributed by atoms with van der Waals surface area (Å²) in [5.74, 6) is 0. The molecule has 104 valence electrons. The average Bonchev–Trinajstić information content (AvgIpc) is 2.75. The molecular weight excluding hydrogens is 260 g/mol. The number of aromatic nitrogens is 1. The summed E-state index contributed by atoms with van der Waals surface area (Å²) in [6, 6.07) is 8.05. The molecule has 0 aliphatic rings. The van der Waals surface area contributed by atoms with E-state index in [2.05, 4.69) is 16.4 Å². The van der Waals surface area contributed by atoms with Crippen molar-refractivity contribution in [2.24, 2.45) is 0 Å². The summed E-state index contributed by atoms with van der Waals surface area (Å²) in [4.78, 5) is 4.55. The lowest BCUT2D eigenvalue weighted by Gasteiger charge is -2.22. The average molecular weight is 280 g/mol. The summed E-state index contributed by atoms with van der Waals surface area (Å²) in [6.45, 7) is 3.76. The standard InChI is InChI=1S/C14H20N2O2S/c1-14(17,10-15-7-8-18-2)9-13-16-11-5-3-4-6-12(11)19-13/h3-6,15,17H,7-10H2,1-2H3. The minimum atomic E-state index is -0.790. The fraction of sp³-hybridized carbons (Fsp3) is 0.500. The van der Waals surface area contributed by atoms with Crippen LogP contribution in [0.5, 0.6) is 0 Å². The molecule has 5 heteroatoms. The highest BCUT2D eigenvalue weighted by molar-refractivity contribution is 7.18. The van der Waals surface area contributed by atoms with E-state index >= 15 is 0 Å². The van der Waals surface area contributed by atoms with E-state index in [-0.39, 0.29) is 0 Å². The highest BCUT2D eigenvalue weighted by Gasteiger charge is 2.22. The zero-order valence-electron chi connectivity index (χ0n) is 11.3. The van der Waals surface area contributed by atoms with E-state index in [1.165, 1.54) is 4.70 Å². The fourth-order valence-corrected chi connectivity index (χ4v) is 3.06. The van der Waals surface area contributed by atoms with Gasteiger partial charge in [-0.1, -0.05) is 12.1 Å². The normalized spacial score (nSPS) is 14.7. The second kappa shape index (κ2) is 6.43. The third-order valence-corrected chi connectivity index (χ3v) is 3.90. The molecule has 19 heavy (non-hydrogen) atoms. The molecule has 0 aliphatic carbocycles. The van der Waals surface area contributed by atoms with E-state index in [1.54, 1.807) is 18.4 Å². The Balaban J connectivity index is 1.94. The Hall–Kier alpha value is -1.01. The zero-order chi connectivity index (χ0) is 13.7. The predicted octanol–water partition coefficient (Wildman–Crippen LogP) is 1.83. The number of nitrogens with zero attached hydrogens (tertiary/aromatic N) is 1. The van der Waals surface area contributed by atoms with Gasteiger partial charge in [-0.2, -0.15) is 0 Å². The van der Waals surface area contributed by atoms with E-state index in [0.717, 1.165) is 17.1 Å². The van der Waals surface area contributed by atoms with Gasteiger partial charge in [0.15, 0.2) is 0 Å². The van der Waals surface area contributed by atoms with Gasteiger partial charge in [0.25, 0.3) is 0 Å². The number of fused-ring (bicyclic) bond motifs is 1. The molecule has 0 amide bonds. The van der Waals surface area contributed by atoms with Crippen LogP contribution in [0.4, 0.5) is 0 Å². The Bertz CT molecular complexity index is 492. The van der Waals surface area contributed by atoms with Crippen LogP contribution in [0.3, 0.4) is 0 Å². The molecule has 0 fully saturated rings. The molecule has 1 heterocycles. The number of rotatable bonds is 7. The van der Waals surface area contributed by atoms with Crippen molar-refractivity contribution >= 4 is 21.6 Å². The lowest BCUT2D eigenvalue weighted by atomic mass is 10.0. The number of methoxy groups -OCH3 is 1. The lowest BCUT2D eigenvalue weighted by molar-refractivity contribution is 0.0581. The molecule has 1 unspecified atom stereocenters. The van der Waals surface area contributed by atoms with Gasteiger partial charge < -0.3 is 15.2 Å². The van der Waals surface area contributed by atoms with Crippen LogP contribution in [0, 0.1) is 0 Å². The molecule has 0 saturated carbocycles. The van der Waals surface area contributed by atoms with Gasteiger partial charge in [0.2, 0.25) is 0 Å². The largest absolute Gasteiger partial charge is 0.388 e. The van der Waals surface area contributed by atoms with Gasteiger partial charge in [0.05, 0.1) is 27.4 Å². The second-order valence-electron chi connectivity index (χ2n) is 4.92. The van der Waals surface area contributed by atoms with Crippen LogP contribution in [0.1, 0.15) is 11.9 Å². The molecular formula is C14H20N2O2S. The minimum Gasteiger partial charge on any atom is -0.388 e. The molecule has 2 N–H and O–H groups in total. The molecule has 1 atom stereocenters. The molecule has 4 nitrogen and oxygen atoms in total. The SMILES string of the molecule is COCCNCC(C)(O)Cc1nc2ccccc2s1. The summed E-state index contributed by atoms with van der Waals surface area (Å²) < 4.78 is 6.13. The maximum atomic E-state index is 10.4. The summed E-state index contributed by atoms with van der Waals surface area (Å²) >= 11 is 1.64. The Morgan fingerprint density at radius 1 is 1.42 bits per heavy atom. The maximum Gasteiger partial charge on any atom is 0.0967 e. The summed E-state index contributed by atoms with van der Waals surface area (Å²) in [5.41, 5.74) is 0.215. The number of benzene rings is 1. The molecule has 0 saturated heterocycles. The molecule has 2 rings (SSSR count). The monoisotopic (exact) mass is 280 g/mol. The van der Waals surface area contributed by atoms with Gasteiger partial charge in [0.1, 0.15) is 0 Å². The number of thiazole rings is 1. The number of nitrogens with one attached hydrogen (secondary N) is 1. The maximum absolute atomic E-state index is 10.4. The van der Waals surface area contributed by atoms with Crippen molar-refractivity contribution in [3.8, 4) is 0 Å². The topological polar surface area (TPSA) is 54.4 Å². The smallest absolute Gasteiger partial charge is 0.0967 e. The van der Waals surface area contributed by atoms with Crippen LogP contribution in [0.15, 0.2) is 24.3 Å². The second-order valence-corrected chi connectivity index (χ2v) is 6.03.